The van der Waals surface area contributed by atoms with E-state index in [0.717, 1.165) is 47.5 Å². The third-order valence-corrected chi connectivity index (χ3v) is 6.80. The van der Waals surface area contributed by atoms with Gasteiger partial charge in [-0.3, -0.25) is 0 Å². The van der Waals surface area contributed by atoms with E-state index in [2.05, 4.69) is 28.8 Å². The molecule has 1 aliphatic heterocycles. The molecule has 0 fully saturated rings. The van der Waals surface area contributed by atoms with E-state index in [4.69, 9.17) is 9.47 Å². The molecular formula is C30H30F2N2O3. The highest BCUT2D eigenvalue weighted by atomic mass is 19.1. The average Bonchev–Trinajstić information content (AvgIpc) is 3.49. The molecule has 1 N–H and O–H groups in total. The fourth-order valence-corrected chi connectivity index (χ4v) is 4.90. The van der Waals surface area contributed by atoms with Crippen molar-refractivity contribution >= 4 is 5.69 Å². The van der Waals surface area contributed by atoms with Crippen LogP contribution in [0, 0.1) is 11.6 Å². The van der Waals surface area contributed by atoms with Gasteiger partial charge in [0.2, 0.25) is 0 Å². The second-order valence-electron chi connectivity index (χ2n) is 9.18. The normalized spacial score (nSPS) is 12.4. The molecule has 7 heteroatoms. The molecule has 2 heterocycles. The predicted octanol–water partition coefficient (Wildman–Crippen LogP) is 5.97. The minimum atomic E-state index is -0.310. The van der Waals surface area contributed by atoms with Crippen molar-refractivity contribution in [2.24, 2.45) is 0 Å². The van der Waals surface area contributed by atoms with Gasteiger partial charge in [-0.05, 0) is 79.1 Å². The molecule has 37 heavy (non-hydrogen) atoms. The Balaban J connectivity index is 1.51. The van der Waals surface area contributed by atoms with Gasteiger partial charge in [-0.15, -0.1) is 0 Å². The minimum absolute atomic E-state index is 0.0900. The molecule has 0 spiro atoms. The molecule has 0 saturated heterocycles. The molecular weight excluding hydrogens is 474 g/mol. The summed E-state index contributed by atoms with van der Waals surface area (Å²) in [5.74, 6) is 0.573. The molecule has 1 aliphatic rings. The first-order valence-electron chi connectivity index (χ1n) is 12.5. The van der Waals surface area contributed by atoms with Gasteiger partial charge in [0.15, 0.2) is 0 Å². The Labute approximate surface area is 215 Å². The lowest BCUT2D eigenvalue weighted by Gasteiger charge is -2.19. The van der Waals surface area contributed by atoms with Crippen LogP contribution in [-0.2, 0) is 26.2 Å². The SMILES string of the molecule is CN(CCO)c1ccc(-c2c(COc3ccc(F)cc3)c(COc3ccc(F)cc3)c3n2CCC3)cc1. The van der Waals surface area contributed by atoms with Gasteiger partial charge in [0, 0.05) is 42.6 Å². The molecule has 0 unspecified atom stereocenters. The molecule has 0 aliphatic carbocycles. The van der Waals surface area contributed by atoms with Gasteiger partial charge in [0.1, 0.15) is 36.3 Å². The Hall–Kier alpha value is -3.84. The van der Waals surface area contributed by atoms with Crippen LogP contribution in [0.3, 0.4) is 0 Å². The summed E-state index contributed by atoms with van der Waals surface area (Å²) in [6.45, 7) is 2.18. The van der Waals surface area contributed by atoms with Crippen LogP contribution in [0.5, 0.6) is 11.5 Å². The average molecular weight is 505 g/mol. The van der Waals surface area contributed by atoms with E-state index < -0.39 is 0 Å². The van der Waals surface area contributed by atoms with Crippen LogP contribution >= 0.6 is 0 Å². The molecule has 3 aromatic carbocycles. The topological polar surface area (TPSA) is 46.9 Å². The van der Waals surface area contributed by atoms with Gasteiger partial charge in [-0.25, -0.2) is 8.78 Å². The van der Waals surface area contributed by atoms with Crippen molar-refractivity contribution in [2.75, 3.05) is 25.1 Å². The fraction of sp³-hybridized carbons (Fsp3) is 0.267. The van der Waals surface area contributed by atoms with Crippen molar-refractivity contribution in [2.45, 2.75) is 32.6 Å². The zero-order chi connectivity index (χ0) is 25.8. The van der Waals surface area contributed by atoms with Crippen LogP contribution < -0.4 is 14.4 Å². The van der Waals surface area contributed by atoms with E-state index in [1.54, 1.807) is 24.3 Å². The highest BCUT2D eigenvalue weighted by molar-refractivity contribution is 5.70. The van der Waals surface area contributed by atoms with E-state index in [1.807, 2.05) is 11.9 Å². The van der Waals surface area contributed by atoms with Crippen molar-refractivity contribution in [1.29, 1.82) is 0 Å². The quantitative estimate of drug-likeness (QED) is 0.289. The second-order valence-corrected chi connectivity index (χ2v) is 9.18. The van der Waals surface area contributed by atoms with Gasteiger partial charge >= 0.3 is 0 Å². The summed E-state index contributed by atoms with van der Waals surface area (Å²) < 4.78 is 41.4. The van der Waals surface area contributed by atoms with Crippen molar-refractivity contribution in [3.05, 3.63) is 101 Å². The number of likely N-dealkylation sites (N-methyl/N-ethyl adjacent to an activating group) is 1. The lowest BCUT2D eigenvalue weighted by Crippen LogP contribution is -2.20. The monoisotopic (exact) mass is 504 g/mol. The number of fused-ring (bicyclic) bond motifs is 1. The van der Waals surface area contributed by atoms with E-state index >= 15 is 0 Å². The minimum Gasteiger partial charge on any atom is -0.489 e. The molecule has 5 rings (SSSR count). The highest BCUT2D eigenvalue weighted by Gasteiger charge is 2.27. The first-order chi connectivity index (χ1) is 18.0. The van der Waals surface area contributed by atoms with E-state index in [-0.39, 0.29) is 18.2 Å². The Bertz CT molecular complexity index is 1330. The standard InChI is InChI=1S/C30H30F2N2O3/c1-33(17-18-35)24-10-4-21(5-11-24)30-28(20-37-26-14-8-23(32)9-15-26)27(29-3-2-16-34(29)30)19-36-25-12-6-22(31)7-13-25/h4-15,35H,2-3,16-20H2,1H3. The number of aliphatic hydroxyl groups is 1. The summed E-state index contributed by atoms with van der Waals surface area (Å²) in [4.78, 5) is 2.01. The number of halogens is 2. The van der Waals surface area contributed by atoms with Gasteiger partial charge in [0.05, 0.1) is 12.3 Å². The number of benzene rings is 3. The molecule has 5 nitrogen and oxygen atoms in total. The van der Waals surface area contributed by atoms with Crippen LogP contribution in [0.25, 0.3) is 11.3 Å². The maximum absolute atomic E-state index is 13.4. The highest BCUT2D eigenvalue weighted by Crippen LogP contribution is 2.38. The Morgan fingerprint density at radius 3 is 1.95 bits per heavy atom. The smallest absolute Gasteiger partial charge is 0.123 e. The number of nitrogens with zero attached hydrogens (tertiary/aromatic N) is 2. The number of hydrogen-bond donors (Lipinski definition) is 1. The number of aromatic nitrogens is 1. The Morgan fingerprint density at radius 1 is 0.811 bits per heavy atom. The van der Waals surface area contributed by atoms with E-state index in [9.17, 15) is 13.9 Å². The molecule has 4 aromatic rings. The summed E-state index contributed by atoms with van der Waals surface area (Å²) in [5, 5.41) is 9.28. The first kappa shape index (κ1) is 24.8. The molecule has 0 bridgehead atoms. The number of aliphatic hydroxyl groups excluding tert-OH is 1. The lowest BCUT2D eigenvalue weighted by atomic mass is 10.0. The van der Waals surface area contributed by atoms with Gasteiger partial charge in [-0.2, -0.15) is 0 Å². The third kappa shape index (κ3) is 5.47. The Morgan fingerprint density at radius 2 is 1.38 bits per heavy atom. The summed E-state index contributed by atoms with van der Waals surface area (Å²) in [5.41, 5.74) is 6.49. The number of anilines is 1. The van der Waals surface area contributed by atoms with Crippen molar-refractivity contribution in [3.8, 4) is 22.8 Å². The molecule has 192 valence electrons. The largest absolute Gasteiger partial charge is 0.489 e. The summed E-state index contributed by atoms with van der Waals surface area (Å²) >= 11 is 0. The summed E-state index contributed by atoms with van der Waals surface area (Å²) in [6.07, 6.45) is 1.98. The van der Waals surface area contributed by atoms with E-state index in [1.165, 1.54) is 30.0 Å². The summed E-state index contributed by atoms with van der Waals surface area (Å²) in [6, 6.07) is 20.3. The first-order valence-corrected chi connectivity index (χ1v) is 12.5. The van der Waals surface area contributed by atoms with Crippen LogP contribution in [0.4, 0.5) is 14.5 Å². The van der Waals surface area contributed by atoms with Crippen molar-refractivity contribution in [1.82, 2.24) is 4.57 Å². The second kappa shape index (κ2) is 11.0. The van der Waals surface area contributed by atoms with Crippen molar-refractivity contribution < 1.29 is 23.4 Å². The maximum atomic E-state index is 13.4. The number of hydrogen-bond acceptors (Lipinski definition) is 4. The zero-order valence-corrected chi connectivity index (χ0v) is 20.8. The van der Waals surface area contributed by atoms with Crippen LogP contribution in [0.2, 0.25) is 0 Å². The Kier molecular flexibility index (Phi) is 7.42. The van der Waals surface area contributed by atoms with Crippen molar-refractivity contribution in [3.63, 3.8) is 0 Å². The maximum Gasteiger partial charge on any atom is 0.123 e. The molecule has 1 aromatic heterocycles. The van der Waals surface area contributed by atoms with Crippen LogP contribution in [0.1, 0.15) is 23.2 Å². The molecule has 0 radical (unpaired) electrons. The van der Waals surface area contributed by atoms with Gasteiger partial charge in [-0.1, -0.05) is 12.1 Å². The number of rotatable bonds is 10. The summed E-state index contributed by atoms with van der Waals surface area (Å²) in [7, 11) is 1.95. The van der Waals surface area contributed by atoms with E-state index in [0.29, 0.717) is 31.3 Å². The number of ether oxygens (including phenoxy) is 2. The van der Waals surface area contributed by atoms with Crippen LogP contribution in [0.15, 0.2) is 72.8 Å². The third-order valence-electron chi connectivity index (χ3n) is 6.80. The van der Waals surface area contributed by atoms with Gasteiger partial charge < -0.3 is 24.0 Å². The van der Waals surface area contributed by atoms with Gasteiger partial charge in [0.25, 0.3) is 0 Å². The molecule has 0 amide bonds. The molecule has 0 atom stereocenters. The van der Waals surface area contributed by atoms with Crippen LogP contribution in [-0.4, -0.2) is 29.9 Å². The fourth-order valence-electron chi connectivity index (χ4n) is 4.90. The predicted molar refractivity (Wildman–Crippen MR) is 140 cm³/mol. The lowest BCUT2D eigenvalue weighted by molar-refractivity contribution is 0.285. The molecule has 0 saturated carbocycles. The zero-order valence-electron chi connectivity index (χ0n) is 20.8.